The van der Waals surface area contributed by atoms with Gasteiger partial charge in [0.1, 0.15) is 23.6 Å². The number of carbonyl (C=O) groups is 2. The number of carboxylic acids is 1. The largest absolute Gasteiger partial charge is 0.508 e. The average molecular weight is 509 g/mol. The monoisotopic (exact) mass is 508 g/mol. The minimum atomic E-state index is -1.12. The Balaban J connectivity index is 1.65. The molecule has 38 heavy (non-hydrogen) atoms. The highest BCUT2D eigenvalue weighted by atomic mass is 16.4. The zero-order chi connectivity index (χ0) is 27.0. The molecule has 3 aromatic rings. The number of phenols is 1. The highest BCUT2D eigenvalue weighted by Crippen LogP contribution is 2.42. The molecule has 2 aliphatic rings. The fraction of sp³-hybridized carbons (Fsp3) is 0.100. The predicted molar refractivity (Wildman–Crippen MR) is 145 cm³/mol. The molecule has 3 aromatic carbocycles. The topological polar surface area (TPSA) is 120 Å². The lowest BCUT2D eigenvalue weighted by Gasteiger charge is -2.22. The fourth-order valence-corrected chi connectivity index (χ4v) is 4.53. The van der Waals surface area contributed by atoms with Crippen molar-refractivity contribution in [2.75, 3.05) is 18.5 Å². The Morgan fingerprint density at radius 1 is 0.895 bits per heavy atom. The maximum absolute atomic E-state index is 12.4. The molecule has 0 saturated carbocycles. The molecule has 5 rings (SSSR count). The number of carbonyl (C=O) groups excluding carboxylic acids is 1. The van der Waals surface area contributed by atoms with E-state index in [4.69, 9.17) is 9.52 Å². The van der Waals surface area contributed by atoms with Crippen LogP contribution in [0.25, 0.3) is 33.4 Å². The first-order valence-electron chi connectivity index (χ1n) is 11.9. The number of amides is 1. The Kier molecular flexibility index (Phi) is 6.30. The van der Waals surface area contributed by atoms with Gasteiger partial charge in [0.15, 0.2) is 5.43 Å². The second-order valence-electron chi connectivity index (χ2n) is 9.00. The first-order chi connectivity index (χ1) is 18.2. The van der Waals surface area contributed by atoms with Crippen LogP contribution < -0.4 is 15.6 Å². The maximum atomic E-state index is 12.4. The van der Waals surface area contributed by atoms with Crippen LogP contribution in [0.1, 0.15) is 15.9 Å². The first-order valence-corrected chi connectivity index (χ1v) is 11.9. The van der Waals surface area contributed by atoms with Crippen molar-refractivity contribution in [3.8, 4) is 28.2 Å². The quantitative estimate of drug-likeness (QED) is 0.271. The lowest BCUT2D eigenvalue weighted by atomic mass is 9.90. The van der Waals surface area contributed by atoms with Crippen LogP contribution in [0.2, 0.25) is 0 Å². The molecule has 1 amide bonds. The summed E-state index contributed by atoms with van der Waals surface area (Å²) in [6, 6.07) is 22.5. The second kappa shape index (κ2) is 9.74. The molecule has 0 aromatic heterocycles. The summed E-state index contributed by atoms with van der Waals surface area (Å²) in [5.41, 5.74) is 5.73. The summed E-state index contributed by atoms with van der Waals surface area (Å²) >= 11 is 0. The molecule has 0 radical (unpaired) electrons. The summed E-state index contributed by atoms with van der Waals surface area (Å²) in [4.78, 5) is 37.4. The van der Waals surface area contributed by atoms with Gasteiger partial charge in [0.05, 0.1) is 0 Å². The van der Waals surface area contributed by atoms with Gasteiger partial charge in [0, 0.05) is 52.6 Å². The molecule has 3 N–H and O–H groups in total. The van der Waals surface area contributed by atoms with E-state index in [9.17, 15) is 19.5 Å². The van der Waals surface area contributed by atoms with Crippen molar-refractivity contribution in [1.29, 1.82) is 0 Å². The second-order valence-corrected chi connectivity index (χ2v) is 9.00. The summed E-state index contributed by atoms with van der Waals surface area (Å²) in [5, 5.41) is 21.7. The number of benzene rings is 4. The third-order valence-electron chi connectivity index (χ3n) is 6.46. The summed E-state index contributed by atoms with van der Waals surface area (Å²) in [5.74, 6) is -0.975. The van der Waals surface area contributed by atoms with Crippen LogP contribution in [0.15, 0.2) is 88.1 Å². The Morgan fingerprint density at radius 3 is 2.32 bits per heavy atom. The van der Waals surface area contributed by atoms with E-state index in [2.05, 4.69) is 5.32 Å². The molecule has 0 spiro atoms. The zero-order valence-corrected chi connectivity index (χ0v) is 20.7. The van der Waals surface area contributed by atoms with Gasteiger partial charge in [-0.15, -0.1) is 0 Å². The maximum Gasteiger partial charge on any atom is 0.322 e. The van der Waals surface area contributed by atoms with Gasteiger partial charge >= 0.3 is 5.97 Å². The van der Waals surface area contributed by atoms with E-state index in [1.54, 1.807) is 30.3 Å². The SMILES string of the molecule is Cc1cc(C(=O)NCC(=O)O)ccc1-c1c2ccc(=O)cc-2oc2cc(N(C)c3ccc(O)cc3)ccc12. The number of phenolic OH excluding ortho intramolecular Hbond substituents is 1. The molecule has 0 fully saturated rings. The van der Waals surface area contributed by atoms with Gasteiger partial charge in [-0.1, -0.05) is 6.07 Å². The highest BCUT2D eigenvalue weighted by molar-refractivity contribution is 6.04. The van der Waals surface area contributed by atoms with Crippen molar-refractivity contribution in [3.05, 3.63) is 100 Å². The van der Waals surface area contributed by atoms with E-state index in [0.29, 0.717) is 16.9 Å². The smallest absolute Gasteiger partial charge is 0.322 e. The van der Waals surface area contributed by atoms with Crippen LogP contribution in [0, 0.1) is 6.92 Å². The van der Waals surface area contributed by atoms with Crippen LogP contribution in [-0.2, 0) is 4.79 Å². The Hall–Kier alpha value is -5.11. The van der Waals surface area contributed by atoms with E-state index < -0.39 is 18.4 Å². The van der Waals surface area contributed by atoms with Gasteiger partial charge in [-0.05, 0) is 78.7 Å². The number of hydrogen-bond acceptors (Lipinski definition) is 6. The molecule has 0 unspecified atom stereocenters. The number of nitrogens with one attached hydrogen (secondary N) is 1. The average Bonchev–Trinajstić information content (AvgIpc) is 2.90. The zero-order valence-electron chi connectivity index (χ0n) is 20.7. The molecule has 1 aliphatic heterocycles. The molecular formula is C30H24N2O6. The molecule has 1 aliphatic carbocycles. The van der Waals surface area contributed by atoms with Crippen LogP contribution in [0.3, 0.4) is 0 Å². The summed E-state index contributed by atoms with van der Waals surface area (Å²) in [7, 11) is 1.91. The molecule has 0 atom stereocenters. The van der Waals surface area contributed by atoms with E-state index in [-0.39, 0.29) is 11.2 Å². The summed E-state index contributed by atoms with van der Waals surface area (Å²) in [6.07, 6.45) is 0. The number of aromatic hydroxyl groups is 1. The molecule has 190 valence electrons. The van der Waals surface area contributed by atoms with E-state index in [0.717, 1.165) is 39.0 Å². The molecule has 8 heteroatoms. The van der Waals surface area contributed by atoms with Crippen LogP contribution in [-0.4, -0.2) is 35.7 Å². The van der Waals surface area contributed by atoms with Gasteiger partial charge in [0.2, 0.25) is 0 Å². The van der Waals surface area contributed by atoms with Crippen molar-refractivity contribution in [2.24, 2.45) is 0 Å². The first kappa shape index (κ1) is 24.6. The normalized spacial score (nSPS) is 11.0. The van der Waals surface area contributed by atoms with Gasteiger partial charge < -0.3 is 24.8 Å². The number of rotatable bonds is 6. The lowest BCUT2D eigenvalue weighted by molar-refractivity contribution is -0.135. The minimum absolute atomic E-state index is 0.175. The Labute approximate surface area is 217 Å². The lowest BCUT2D eigenvalue weighted by Crippen LogP contribution is -2.29. The molecule has 0 bridgehead atoms. The number of hydrogen-bond donors (Lipinski definition) is 3. The number of anilines is 2. The van der Waals surface area contributed by atoms with Gasteiger partial charge in [0.25, 0.3) is 5.91 Å². The Bertz CT molecular complexity index is 1720. The summed E-state index contributed by atoms with van der Waals surface area (Å²) < 4.78 is 6.20. The van der Waals surface area contributed by atoms with Crippen molar-refractivity contribution in [2.45, 2.75) is 6.92 Å². The van der Waals surface area contributed by atoms with Crippen LogP contribution in [0.5, 0.6) is 5.75 Å². The number of aryl methyl sites for hydroxylation is 1. The fourth-order valence-electron chi connectivity index (χ4n) is 4.53. The van der Waals surface area contributed by atoms with Gasteiger partial charge in [-0.25, -0.2) is 0 Å². The van der Waals surface area contributed by atoms with Gasteiger partial charge in [-0.2, -0.15) is 0 Å². The molecule has 1 heterocycles. The number of nitrogens with zero attached hydrogens (tertiary/aromatic N) is 1. The highest BCUT2D eigenvalue weighted by Gasteiger charge is 2.20. The third-order valence-corrected chi connectivity index (χ3v) is 6.46. The van der Waals surface area contributed by atoms with E-state index in [1.807, 2.05) is 55.3 Å². The number of fused-ring (bicyclic) bond motifs is 2. The minimum Gasteiger partial charge on any atom is -0.508 e. The third kappa shape index (κ3) is 4.67. The van der Waals surface area contributed by atoms with Crippen LogP contribution >= 0.6 is 0 Å². The molecule has 0 saturated heterocycles. The van der Waals surface area contributed by atoms with Gasteiger partial charge in [-0.3, -0.25) is 14.4 Å². The summed E-state index contributed by atoms with van der Waals surface area (Å²) in [6.45, 7) is 1.41. The van der Waals surface area contributed by atoms with E-state index in [1.165, 1.54) is 12.1 Å². The van der Waals surface area contributed by atoms with E-state index >= 15 is 0 Å². The number of aliphatic carboxylic acids is 1. The van der Waals surface area contributed by atoms with Crippen molar-refractivity contribution >= 4 is 34.2 Å². The van der Waals surface area contributed by atoms with Crippen molar-refractivity contribution in [1.82, 2.24) is 5.32 Å². The van der Waals surface area contributed by atoms with Crippen LogP contribution in [0.4, 0.5) is 11.4 Å². The predicted octanol–water partition coefficient (Wildman–Crippen LogP) is 5.16. The van der Waals surface area contributed by atoms with Crippen molar-refractivity contribution in [3.63, 3.8) is 0 Å². The molecule has 8 nitrogen and oxygen atoms in total. The molecular weight excluding hydrogens is 484 g/mol. The standard InChI is InChI=1S/C30H24N2O6/c1-17-13-18(30(37)31-16-28(35)36)3-10-23(17)29-24-11-6-20(32(2)19-4-7-21(33)8-5-19)14-26(24)38-27-15-22(34)9-12-25(27)29/h3-15,33H,16H2,1-2H3,(H,31,37)(H,35,36). The number of carboxylic acid groups (broad SMARTS) is 1. The Morgan fingerprint density at radius 2 is 1.61 bits per heavy atom. The van der Waals surface area contributed by atoms with Crippen molar-refractivity contribution < 1.29 is 24.2 Å².